The number of amides is 1. The quantitative estimate of drug-likeness (QED) is 0.640. The van der Waals surface area contributed by atoms with Crippen molar-refractivity contribution in [3.05, 3.63) is 0 Å². The van der Waals surface area contributed by atoms with Crippen LogP contribution in [0, 0.1) is 18.3 Å². The first-order valence-electron chi connectivity index (χ1n) is 5.76. The van der Waals surface area contributed by atoms with E-state index in [1.165, 1.54) is 0 Å². The summed E-state index contributed by atoms with van der Waals surface area (Å²) in [6.07, 6.45) is 6.67. The molecule has 1 aliphatic heterocycles. The molecule has 1 heterocycles. The van der Waals surface area contributed by atoms with Crippen molar-refractivity contribution < 1.29 is 9.53 Å². The maximum Gasteiger partial charge on any atom is 0.410 e. The summed E-state index contributed by atoms with van der Waals surface area (Å²) in [5.41, 5.74) is -0.441. The third-order valence-corrected chi connectivity index (χ3v) is 2.61. The Bertz CT molecular complexity index is 298. The van der Waals surface area contributed by atoms with E-state index < -0.39 is 5.60 Å². The van der Waals surface area contributed by atoms with Gasteiger partial charge in [0.25, 0.3) is 0 Å². The second-order valence-electron chi connectivity index (χ2n) is 5.54. The lowest BCUT2D eigenvalue weighted by Gasteiger charge is -2.27. The van der Waals surface area contributed by atoms with Crippen molar-refractivity contribution in [2.45, 2.75) is 52.2 Å². The van der Waals surface area contributed by atoms with E-state index in [1.54, 1.807) is 4.90 Å². The molecule has 1 saturated heterocycles. The van der Waals surface area contributed by atoms with Crippen molar-refractivity contribution in [3.8, 4) is 12.3 Å². The first kappa shape index (κ1) is 12.9. The summed E-state index contributed by atoms with van der Waals surface area (Å²) in [6, 6.07) is 0.148. The van der Waals surface area contributed by atoms with Gasteiger partial charge in [-0.2, -0.15) is 0 Å². The number of ether oxygens (including phenoxy) is 1. The zero-order chi connectivity index (χ0) is 12.3. The van der Waals surface area contributed by atoms with Crippen LogP contribution in [-0.2, 0) is 4.74 Å². The zero-order valence-electron chi connectivity index (χ0n) is 10.6. The van der Waals surface area contributed by atoms with Gasteiger partial charge in [0.05, 0.1) is 0 Å². The summed E-state index contributed by atoms with van der Waals surface area (Å²) in [4.78, 5) is 13.7. The Hall–Kier alpha value is -1.17. The van der Waals surface area contributed by atoms with Gasteiger partial charge in [-0.1, -0.05) is 6.92 Å². The fourth-order valence-corrected chi connectivity index (χ4v) is 2.02. The molecule has 0 aromatic carbocycles. The van der Waals surface area contributed by atoms with Crippen molar-refractivity contribution in [2.75, 3.05) is 6.54 Å². The highest BCUT2D eigenvalue weighted by molar-refractivity contribution is 5.69. The summed E-state index contributed by atoms with van der Waals surface area (Å²) in [7, 11) is 0. The van der Waals surface area contributed by atoms with E-state index >= 15 is 0 Å². The van der Waals surface area contributed by atoms with E-state index in [-0.39, 0.29) is 12.1 Å². The fraction of sp³-hybridized carbons (Fsp3) is 0.769. The lowest BCUT2D eigenvalue weighted by molar-refractivity contribution is 0.0225. The number of rotatable bonds is 1. The Morgan fingerprint density at radius 3 is 2.69 bits per heavy atom. The van der Waals surface area contributed by atoms with E-state index in [0.717, 1.165) is 13.0 Å². The van der Waals surface area contributed by atoms with Gasteiger partial charge in [0.2, 0.25) is 0 Å². The van der Waals surface area contributed by atoms with Gasteiger partial charge >= 0.3 is 6.09 Å². The highest BCUT2D eigenvalue weighted by atomic mass is 16.6. The predicted octanol–water partition coefficient (Wildman–Crippen LogP) is 2.66. The zero-order valence-corrected chi connectivity index (χ0v) is 10.6. The Balaban J connectivity index is 2.64. The van der Waals surface area contributed by atoms with E-state index in [0.29, 0.717) is 12.3 Å². The number of hydrogen-bond donors (Lipinski definition) is 0. The molecule has 3 nitrogen and oxygen atoms in total. The highest BCUT2D eigenvalue weighted by Crippen LogP contribution is 2.26. The van der Waals surface area contributed by atoms with Crippen LogP contribution in [-0.4, -0.2) is 29.2 Å². The molecule has 0 spiro atoms. The molecule has 0 N–H and O–H groups in total. The van der Waals surface area contributed by atoms with Gasteiger partial charge in [-0.25, -0.2) is 4.79 Å². The number of carbonyl (C=O) groups excluding carboxylic acids is 1. The normalized spacial score (nSPS) is 25.3. The lowest BCUT2D eigenvalue weighted by Crippen LogP contribution is -2.39. The molecule has 0 aromatic rings. The summed E-state index contributed by atoms with van der Waals surface area (Å²) >= 11 is 0. The van der Waals surface area contributed by atoms with E-state index in [4.69, 9.17) is 11.2 Å². The molecule has 0 aliphatic carbocycles. The molecule has 1 fully saturated rings. The molecule has 2 atom stereocenters. The molecule has 0 saturated carbocycles. The van der Waals surface area contributed by atoms with Gasteiger partial charge in [0.15, 0.2) is 0 Å². The van der Waals surface area contributed by atoms with Crippen LogP contribution in [0.5, 0.6) is 0 Å². The van der Waals surface area contributed by atoms with E-state index in [9.17, 15) is 4.79 Å². The number of hydrogen-bond acceptors (Lipinski definition) is 2. The Labute approximate surface area is 98.1 Å². The smallest absolute Gasteiger partial charge is 0.410 e. The van der Waals surface area contributed by atoms with Crippen molar-refractivity contribution in [2.24, 2.45) is 5.92 Å². The fourth-order valence-electron chi connectivity index (χ4n) is 2.02. The van der Waals surface area contributed by atoms with Crippen LogP contribution >= 0.6 is 0 Å². The third-order valence-electron chi connectivity index (χ3n) is 2.61. The summed E-state index contributed by atoms with van der Waals surface area (Å²) in [5.74, 6) is 3.13. The molecule has 1 rings (SSSR count). The third kappa shape index (κ3) is 3.44. The van der Waals surface area contributed by atoms with Gasteiger partial charge in [-0.15, -0.1) is 12.3 Å². The minimum Gasteiger partial charge on any atom is -0.444 e. The van der Waals surface area contributed by atoms with Gasteiger partial charge in [-0.05, 0) is 33.1 Å². The molecule has 90 valence electrons. The Morgan fingerprint density at radius 2 is 2.19 bits per heavy atom. The standard InChI is InChI=1S/C13H21NO2/c1-6-7-11-8-10(2)9-14(11)12(15)16-13(3,4)5/h1,10-11H,7-9H2,2-5H3/t10-,11+/m0/s1. The highest BCUT2D eigenvalue weighted by Gasteiger charge is 2.34. The largest absolute Gasteiger partial charge is 0.444 e. The number of nitrogens with zero attached hydrogens (tertiary/aromatic N) is 1. The van der Waals surface area contributed by atoms with Crippen molar-refractivity contribution >= 4 is 6.09 Å². The topological polar surface area (TPSA) is 29.5 Å². The SMILES string of the molecule is C#CC[C@@H]1C[C@H](C)CN1C(=O)OC(C)(C)C. The van der Waals surface area contributed by atoms with Crippen molar-refractivity contribution in [1.29, 1.82) is 0 Å². The molecule has 16 heavy (non-hydrogen) atoms. The molecule has 1 aliphatic rings. The van der Waals surface area contributed by atoms with Gasteiger partial charge < -0.3 is 9.64 Å². The van der Waals surface area contributed by atoms with Gasteiger partial charge in [-0.3, -0.25) is 0 Å². The average Bonchev–Trinajstić information content (AvgIpc) is 2.44. The summed E-state index contributed by atoms with van der Waals surface area (Å²) in [6.45, 7) is 8.51. The van der Waals surface area contributed by atoms with Crippen LogP contribution < -0.4 is 0 Å². The van der Waals surface area contributed by atoms with Gasteiger partial charge in [0.1, 0.15) is 5.60 Å². The molecule has 3 heteroatoms. The second-order valence-corrected chi connectivity index (χ2v) is 5.54. The predicted molar refractivity (Wildman–Crippen MR) is 64.0 cm³/mol. The minimum absolute atomic E-state index is 0.148. The molecular weight excluding hydrogens is 202 g/mol. The molecular formula is C13H21NO2. The van der Waals surface area contributed by atoms with Crippen LogP contribution in [0.2, 0.25) is 0 Å². The molecule has 0 aromatic heterocycles. The van der Waals surface area contributed by atoms with Crippen LogP contribution in [0.1, 0.15) is 40.5 Å². The van der Waals surface area contributed by atoms with Crippen LogP contribution in [0.3, 0.4) is 0 Å². The van der Waals surface area contributed by atoms with Crippen molar-refractivity contribution in [3.63, 3.8) is 0 Å². The summed E-state index contributed by atoms with van der Waals surface area (Å²) in [5, 5.41) is 0. The monoisotopic (exact) mass is 223 g/mol. The number of carbonyl (C=O) groups is 1. The van der Waals surface area contributed by atoms with Crippen molar-refractivity contribution in [1.82, 2.24) is 4.90 Å². The van der Waals surface area contributed by atoms with Crippen LogP contribution in [0.4, 0.5) is 4.79 Å². The molecule has 0 unspecified atom stereocenters. The first-order valence-corrected chi connectivity index (χ1v) is 5.76. The molecule has 0 bridgehead atoms. The maximum atomic E-state index is 11.9. The van der Waals surface area contributed by atoms with Crippen LogP contribution in [0.25, 0.3) is 0 Å². The maximum absolute atomic E-state index is 11.9. The molecule has 0 radical (unpaired) electrons. The first-order chi connectivity index (χ1) is 7.33. The minimum atomic E-state index is -0.441. The lowest BCUT2D eigenvalue weighted by atomic mass is 10.1. The number of terminal acetylenes is 1. The van der Waals surface area contributed by atoms with Crippen LogP contribution in [0.15, 0.2) is 0 Å². The molecule has 1 amide bonds. The number of likely N-dealkylation sites (tertiary alicyclic amines) is 1. The van der Waals surface area contributed by atoms with E-state index in [2.05, 4.69) is 12.8 Å². The van der Waals surface area contributed by atoms with E-state index in [1.807, 2.05) is 20.8 Å². The summed E-state index contributed by atoms with van der Waals surface area (Å²) < 4.78 is 5.36. The average molecular weight is 223 g/mol. The Morgan fingerprint density at radius 1 is 1.56 bits per heavy atom. The Kier molecular flexibility index (Phi) is 3.85. The van der Waals surface area contributed by atoms with Gasteiger partial charge in [0, 0.05) is 19.0 Å². The second kappa shape index (κ2) is 4.78.